The van der Waals surface area contributed by atoms with Gasteiger partial charge >= 0.3 is 0 Å². The number of rotatable bonds is 5. The van der Waals surface area contributed by atoms with Crippen molar-refractivity contribution in [3.8, 4) is 0 Å². The third-order valence-corrected chi connectivity index (χ3v) is 3.55. The summed E-state index contributed by atoms with van der Waals surface area (Å²) in [6.45, 7) is 9.77. The van der Waals surface area contributed by atoms with E-state index in [2.05, 4.69) is 50.4 Å². The molecule has 0 aliphatic rings. The van der Waals surface area contributed by atoms with Crippen LogP contribution in [0.25, 0.3) is 23.4 Å². The number of unbranched alkanes of at least 4 members (excludes halogenated alkanes) is 2. The zero-order chi connectivity index (χ0) is 14.5. The molecule has 0 spiro atoms. The zero-order valence-electron chi connectivity index (χ0n) is 12.2. The molecule has 0 aliphatic carbocycles. The van der Waals surface area contributed by atoms with E-state index in [-0.39, 0.29) is 5.76 Å². The van der Waals surface area contributed by atoms with Crippen molar-refractivity contribution in [3.63, 3.8) is 0 Å². The lowest BCUT2D eigenvalue weighted by molar-refractivity contribution is 0.444. The molecule has 2 aromatic rings. The second-order valence-corrected chi connectivity index (χ2v) is 5.33. The van der Waals surface area contributed by atoms with E-state index in [0.717, 1.165) is 16.9 Å². The smallest absolute Gasteiger partial charge is 0.109 e. The molecule has 0 unspecified atom stereocenters. The summed E-state index contributed by atoms with van der Waals surface area (Å²) in [5.74, 6) is 0.0606. The number of hydrogen-bond donors (Lipinski definition) is 1. The average molecular weight is 266 g/mol. The van der Waals surface area contributed by atoms with Gasteiger partial charge in [-0.3, -0.25) is 0 Å². The molecule has 1 N–H and O–H groups in total. The van der Waals surface area contributed by atoms with Gasteiger partial charge < -0.3 is 5.11 Å². The summed E-state index contributed by atoms with van der Waals surface area (Å²) in [6, 6.07) is 10.7. The standard InChI is InChI=1S/C19H22O/c1-4-5-6-7-16-8-9-17-13-18(11-15(3)20)14(2)10-19(17)12-16/h8-13,20H,2-7H2,1H3/b18-11-. The van der Waals surface area contributed by atoms with E-state index >= 15 is 0 Å². The third kappa shape index (κ3) is 3.51. The largest absolute Gasteiger partial charge is 0.509 e. The lowest BCUT2D eigenvalue weighted by atomic mass is 10.0. The van der Waals surface area contributed by atoms with Crippen molar-refractivity contribution >= 4 is 23.4 Å². The summed E-state index contributed by atoms with van der Waals surface area (Å²) in [5.41, 5.74) is 1.38. The number of hydrogen-bond acceptors (Lipinski definition) is 1. The minimum atomic E-state index is 0.0606. The zero-order valence-corrected chi connectivity index (χ0v) is 12.2. The van der Waals surface area contributed by atoms with E-state index in [4.69, 9.17) is 0 Å². The van der Waals surface area contributed by atoms with Crippen molar-refractivity contribution < 1.29 is 5.11 Å². The Bertz CT molecular complexity index is 725. The first-order valence-corrected chi connectivity index (χ1v) is 7.21. The van der Waals surface area contributed by atoms with E-state index in [0.29, 0.717) is 0 Å². The van der Waals surface area contributed by atoms with E-state index in [1.807, 2.05) is 0 Å². The minimum Gasteiger partial charge on any atom is -0.509 e. The molecule has 0 heterocycles. The van der Waals surface area contributed by atoms with Crippen LogP contribution in [0.1, 0.15) is 31.7 Å². The van der Waals surface area contributed by atoms with E-state index < -0.39 is 0 Å². The fourth-order valence-electron chi connectivity index (χ4n) is 2.46. The van der Waals surface area contributed by atoms with E-state index in [1.165, 1.54) is 35.6 Å². The van der Waals surface area contributed by atoms with Crippen LogP contribution in [0.4, 0.5) is 0 Å². The highest BCUT2D eigenvalue weighted by Gasteiger charge is 1.98. The fraction of sp³-hybridized carbons (Fsp3) is 0.263. The van der Waals surface area contributed by atoms with Crippen LogP contribution in [0.2, 0.25) is 0 Å². The van der Waals surface area contributed by atoms with Crippen LogP contribution in [0, 0.1) is 0 Å². The summed E-state index contributed by atoms with van der Waals surface area (Å²) < 4.78 is 0. The number of aliphatic hydroxyl groups excluding tert-OH is 1. The van der Waals surface area contributed by atoms with E-state index in [9.17, 15) is 5.11 Å². The van der Waals surface area contributed by atoms with Crippen LogP contribution in [0.15, 0.2) is 42.7 Å². The van der Waals surface area contributed by atoms with E-state index in [1.54, 1.807) is 6.08 Å². The maximum atomic E-state index is 9.29. The summed E-state index contributed by atoms with van der Waals surface area (Å²) in [6.07, 6.45) is 6.57. The molecule has 20 heavy (non-hydrogen) atoms. The van der Waals surface area contributed by atoms with Crippen LogP contribution in [-0.4, -0.2) is 5.11 Å². The maximum Gasteiger partial charge on any atom is 0.109 e. The molecule has 2 rings (SSSR count). The van der Waals surface area contributed by atoms with Gasteiger partial charge in [0, 0.05) is 0 Å². The highest BCUT2D eigenvalue weighted by Crippen LogP contribution is 2.15. The van der Waals surface area contributed by atoms with Gasteiger partial charge in [-0.1, -0.05) is 51.1 Å². The van der Waals surface area contributed by atoms with Gasteiger partial charge in [0.25, 0.3) is 0 Å². The SMILES string of the molecule is C=C(O)/C=c1/cc2ccc(CCCCC)cc2cc1=C. The molecular formula is C19H22O. The van der Waals surface area contributed by atoms with Crippen molar-refractivity contribution in [1.29, 1.82) is 0 Å². The average Bonchev–Trinajstić information content (AvgIpc) is 2.39. The predicted molar refractivity (Wildman–Crippen MR) is 88.2 cm³/mol. The quantitative estimate of drug-likeness (QED) is 0.644. The number of benzene rings is 2. The van der Waals surface area contributed by atoms with Gasteiger partial charge in [0.15, 0.2) is 0 Å². The molecule has 0 fully saturated rings. The highest BCUT2D eigenvalue weighted by atomic mass is 16.3. The van der Waals surface area contributed by atoms with Gasteiger partial charge in [0.1, 0.15) is 5.76 Å². The van der Waals surface area contributed by atoms with Crippen LogP contribution >= 0.6 is 0 Å². The molecule has 0 amide bonds. The summed E-state index contributed by atoms with van der Waals surface area (Å²) >= 11 is 0. The van der Waals surface area contributed by atoms with Crippen molar-refractivity contribution in [2.45, 2.75) is 32.6 Å². The molecule has 0 radical (unpaired) electrons. The molecule has 1 heteroatoms. The molecule has 0 saturated heterocycles. The monoisotopic (exact) mass is 266 g/mol. The van der Waals surface area contributed by atoms with Gasteiger partial charge in [-0.2, -0.15) is 0 Å². The molecular weight excluding hydrogens is 244 g/mol. The minimum absolute atomic E-state index is 0.0606. The summed E-state index contributed by atoms with van der Waals surface area (Å²) in [5, 5.41) is 13.5. The molecule has 104 valence electrons. The first-order valence-electron chi connectivity index (χ1n) is 7.21. The van der Waals surface area contributed by atoms with Crippen molar-refractivity contribution in [2.24, 2.45) is 0 Å². The number of allylic oxidation sites excluding steroid dienone is 1. The van der Waals surface area contributed by atoms with Gasteiger partial charge in [-0.25, -0.2) is 0 Å². The van der Waals surface area contributed by atoms with Crippen LogP contribution in [-0.2, 0) is 6.42 Å². The van der Waals surface area contributed by atoms with Gasteiger partial charge in [0.05, 0.1) is 0 Å². The Morgan fingerprint density at radius 3 is 2.65 bits per heavy atom. The Kier molecular flexibility index (Phi) is 4.62. The second kappa shape index (κ2) is 6.42. The van der Waals surface area contributed by atoms with Crippen LogP contribution in [0.3, 0.4) is 0 Å². The number of aliphatic hydroxyl groups is 1. The van der Waals surface area contributed by atoms with Crippen LogP contribution < -0.4 is 10.4 Å². The molecule has 2 aromatic carbocycles. The van der Waals surface area contributed by atoms with Crippen molar-refractivity contribution in [1.82, 2.24) is 0 Å². The topological polar surface area (TPSA) is 20.2 Å². The molecule has 0 saturated carbocycles. The Hall–Kier alpha value is -2.02. The summed E-state index contributed by atoms with van der Waals surface area (Å²) in [4.78, 5) is 0. The second-order valence-electron chi connectivity index (χ2n) is 5.33. The Morgan fingerprint density at radius 1 is 1.15 bits per heavy atom. The number of fused-ring (bicyclic) bond motifs is 1. The third-order valence-electron chi connectivity index (χ3n) is 3.55. The molecule has 0 aliphatic heterocycles. The highest BCUT2D eigenvalue weighted by molar-refractivity contribution is 5.83. The van der Waals surface area contributed by atoms with Crippen LogP contribution in [0.5, 0.6) is 0 Å². The predicted octanol–water partition coefficient (Wildman–Crippen LogP) is 3.84. The first-order chi connectivity index (χ1) is 9.60. The number of aryl methyl sites for hydroxylation is 1. The first kappa shape index (κ1) is 14.4. The molecule has 0 bridgehead atoms. The normalized spacial score (nSPS) is 11.9. The molecule has 0 atom stereocenters. The molecule has 0 aromatic heterocycles. The van der Waals surface area contributed by atoms with Gasteiger partial charge in [-0.15, -0.1) is 0 Å². The van der Waals surface area contributed by atoms with Crippen molar-refractivity contribution in [2.75, 3.05) is 0 Å². The summed E-state index contributed by atoms with van der Waals surface area (Å²) in [7, 11) is 0. The Labute approximate surface area is 120 Å². The maximum absolute atomic E-state index is 9.29. The Morgan fingerprint density at radius 2 is 1.95 bits per heavy atom. The lowest BCUT2D eigenvalue weighted by Crippen LogP contribution is -2.22. The molecule has 1 nitrogen and oxygen atoms in total. The Balaban J connectivity index is 2.40. The van der Waals surface area contributed by atoms with Crippen molar-refractivity contribution in [3.05, 3.63) is 58.7 Å². The lowest BCUT2D eigenvalue weighted by Gasteiger charge is -2.04. The van der Waals surface area contributed by atoms with Gasteiger partial charge in [-0.05, 0) is 57.8 Å². The fourth-order valence-corrected chi connectivity index (χ4v) is 2.46. The van der Waals surface area contributed by atoms with Gasteiger partial charge in [0.2, 0.25) is 0 Å².